The van der Waals surface area contributed by atoms with Gasteiger partial charge in [0.15, 0.2) is 12.0 Å². The van der Waals surface area contributed by atoms with E-state index in [2.05, 4.69) is 5.10 Å². The first-order valence-electron chi connectivity index (χ1n) is 4.55. The number of nitrogens with zero attached hydrogens (tertiary/aromatic N) is 2. The van der Waals surface area contributed by atoms with Gasteiger partial charge in [-0.1, -0.05) is 30.3 Å². The number of carbonyl (C=O) groups is 1. The van der Waals surface area contributed by atoms with E-state index in [4.69, 9.17) is 0 Å². The number of rotatable bonds is 3. The van der Waals surface area contributed by atoms with Crippen LogP contribution in [-0.2, 0) is 6.54 Å². The van der Waals surface area contributed by atoms with Gasteiger partial charge in [0.25, 0.3) is 0 Å². The molecule has 0 bridgehead atoms. The summed E-state index contributed by atoms with van der Waals surface area (Å²) in [6.07, 6.45) is 1.87. The van der Waals surface area contributed by atoms with Crippen LogP contribution in [0.2, 0.25) is 0 Å². The minimum atomic E-state index is -0.0825. The third kappa shape index (κ3) is 1.88. The van der Waals surface area contributed by atoms with Crippen molar-refractivity contribution in [3.05, 3.63) is 47.8 Å². The van der Waals surface area contributed by atoms with E-state index in [1.807, 2.05) is 30.3 Å². The molecule has 1 N–H and O–H groups in total. The quantitative estimate of drug-likeness (QED) is 0.766. The largest absolute Gasteiger partial charge is 0.504 e. The maximum absolute atomic E-state index is 10.7. The maximum Gasteiger partial charge on any atom is 0.171 e. The van der Waals surface area contributed by atoms with Crippen molar-refractivity contribution < 1.29 is 9.90 Å². The predicted octanol–water partition coefficient (Wildman–Crippen LogP) is 1.45. The molecular formula is C11H10N2O2. The van der Waals surface area contributed by atoms with Gasteiger partial charge in [-0.05, 0) is 5.56 Å². The van der Waals surface area contributed by atoms with Gasteiger partial charge in [-0.25, -0.2) is 0 Å². The smallest absolute Gasteiger partial charge is 0.171 e. The molecule has 0 saturated carbocycles. The lowest BCUT2D eigenvalue weighted by Crippen LogP contribution is -2.05. The first-order chi connectivity index (χ1) is 7.31. The molecule has 0 amide bonds. The standard InChI is InChI=1S/C11H10N2O2/c14-8-10-11(15)6-12-13(10)7-9-4-2-1-3-5-9/h1-6,8,15H,7H2. The second-order valence-electron chi connectivity index (χ2n) is 3.18. The third-order valence-electron chi connectivity index (χ3n) is 2.15. The summed E-state index contributed by atoms with van der Waals surface area (Å²) in [5.74, 6) is -0.0825. The van der Waals surface area contributed by atoms with Crippen LogP contribution in [0.25, 0.3) is 0 Å². The van der Waals surface area contributed by atoms with Gasteiger partial charge in [0.1, 0.15) is 5.69 Å². The number of hydrogen-bond acceptors (Lipinski definition) is 3. The Labute approximate surface area is 86.8 Å². The van der Waals surface area contributed by atoms with Gasteiger partial charge in [0.2, 0.25) is 0 Å². The third-order valence-corrected chi connectivity index (χ3v) is 2.15. The van der Waals surface area contributed by atoms with Crippen molar-refractivity contribution in [1.29, 1.82) is 0 Å². The van der Waals surface area contributed by atoms with Crippen LogP contribution >= 0.6 is 0 Å². The van der Waals surface area contributed by atoms with Gasteiger partial charge < -0.3 is 5.11 Å². The Hall–Kier alpha value is -2.10. The maximum atomic E-state index is 10.7. The van der Waals surface area contributed by atoms with Gasteiger partial charge in [-0.2, -0.15) is 5.10 Å². The molecule has 0 saturated heterocycles. The van der Waals surface area contributed by atoms with Gasteiger partial charge in [-0.15, -0.1) is 0 Å². The monoisotopic (exact) mass is 202 g/mol. The second kappa shape index (κ2) is 3.96. The summed E-state index contributed by atoms with van der Waals surface area (Å²) in [4.78, 5) is 10.7. The SMILES string of the molecule is O=Cc1c(O)cnn1Cc1ccccc1. The molecule has 1 heterocycles. The molecule has 2 aromatic rings. The summed E-state index contributed by atoms with van der Waals surface area (Å²) in [6.45, 7) is 0.482. The van der Waals surface area contributed by atoms with Crippen LogP contribution in [0, 0.1) is 0 Å². The van der Waals surface area contributed by atoms with Crippen LogP contribution in [0.5, 0.6) is 5.75 Å². The van der Waals surface area contributed by atoms with E-state index in [0.29, 0.717) is 12.8 Å². The van der Waals surface area contributed by atoms with Crippen molar-refractivity contribution in [3.63, 3.8) is 0 Å². The Morgan fingerprint density at radius 2 is 2.07 bits per heavy atom. The van der Waals surface area contributed by atoms with Gasteiger partial charge in [-0.3, -0.25) is 9.48 Å². The van der Waals surface area contributed by atoms with E-state index >= 15 is 0 Å². The summed E-state index contributed by atoms with van der Waals surface area (Å²) in [5.41, 5.74) is 1.24. The van der Waals surface area contributed by atoms with E-state index in [9.17, 15) is 9.90 Å². The molecule has 15 heavy (non-hydrogen) atoms. The molecule has 1 aromatic heterocycles. The summed E-state index contributed by atoms with van der Waals surface area (Å²) in [6, 6.07) is 9.63. The highest BCUT2D eigenvalue weighted by molar-refractivity contribution is 5.76. The van der Waals surface area contributed by atoms with Crippen molar-refractivity contribution in [2.75, 3.05) is 0 Å². The molecule has 0 aliphatic carbocycles. The van der Waals surface area contributed by atoms with Crippen LogP contribution in [0.4, 0.5) is 0 Å². The summed E-state index contributed by atoms with van der Waals surface area (Å²) in [5, 5.41) is 13.2. The Morgan fingerprint density at radius 3 is 2.73 bits per heavy atom. The van der Waals surface area contributed by atoms with Crippen molar-refractivity contribution >= 4 is 6.29 Å². The van der Waals surface area contributed by atoms with Crippen molar-refractivity contribution in [2.45, 2.75) is 6.54 Å². The molecule has 4 heteroatoms. The predicted molar refractivity (Wildman–Crippen MR) is 54.8 cm³/mol. The zero-order valence-electron chi connectivity index (χ0n) is 8.00. The molecule has 1 aromatic carbocycles. The normalized spacial score (nSPS) is 10.1. The average molecular weight is 202 g/mol. The lowest BCUT2D eigenvalue weighted by molar-refractivity contribution is 0.111. The number of carbonyl (C=O) groups excluding carboxylic acids is 1. The van der Waals surface area contributed by atoms with Crippen LogP contribution in [-0.4, -0.2) is 21.2 Å². The van der Waals surface area contributed by atoms with Gasteiger partial charge in [0.05, 0.1) is 12.7 Å². The van der Waals surface area contributed by atoms with E-state index in [0.717, 1.165) is 5.56 Å². The van der Waals surface area contributed by atoms with E-state index < -0.39 is 0 Å². The fourth-order valence-electron chi connectivity index (χ4n) is 1.39. The molecular weight excluding hydrogens is 192 g/mol. The molecule has 76 valence electrons. The van der Waals surface area contributed by atoms with Crippen molar-refractivity contribution in [3.8, 4) is 5.75 Å². The van der Waals surface area contributed by atoms with E-state index in [1.165, 1.54) is 10.9 Å². The van der Waals surface area contributed by atoms with Gasteiger partial charge >= 0.3 is 0 Å². The highest BCUT2D eigenvalue weighted by Crippen LogP contribution is 2.14. The molecule has 2 rings (SSSR count). The Balaban J connectivity index is 2.28. The molecule has 0 fully saturated rings. The summed E-state index contributed by atoms with van der Waals surface area (Å²) in [7, 11) is 0. The molecule has 0 aliphatic heterocycles. The number of aromatic nitrogens is 2. The fourth-order valence-corrected chi connectivity index (χ4v) is 1.39. The number of benzene rings is 1. The highest BCUT2D eigenvalue weighted by Gasteiger charge is 2.08. The Bertz CT molecular complexity index is 463. The van der Waals surface area contributed by atoms with Crippen LogP contribution in [0.1, 0.15) is 16.1 Å². The summed E-state index contributed by atoms with van der Waals surface area (Å²) >= 11 is 0. The topological polar surface area (TPSA) is 55.1 Å². The first kappa shape index (κ1) is 9.45. The lowest BCUT2D eigenvalue weighted by Gasteiger charge is -2.02. The van der Waals surface area contributed by atoms with Gasteiger partial charge in [0, 0.05) is 0 Å². The minimum absolute atomic E-state index is 0.0825. The van der Waals surface area contributed by atoms with E-state index in [1.54, 1.807) is 0 Å². The lowest BCUT2D eigenvalue weighted by atomic mass is 10.2. The zero-order chi connectivity index (χ0) is 10.7. The molecule has 0 spiro atoms. The number of hydrogen-bond donors (Lipinski definition) is 1. The van der Waals surface area contributed by atoms with Crippen molar-refractivity contribution in [2.24, 2.45) is 0 Å². The molecule has 0 aliphatic rings. The number of aldehydes is 1. The molecule has 0 radical (unpaired) electrons. The second-order valence-corrected chi connectivity index (χ2v) is 3.18. The highest BCUT2D eigenvalue weighted by atomic mass is 16.3. The molecule has 0 atom stereocenters. The van der Waals surface area contributed by atoms with Crippen molar-refractivity contribution in [1.82, 2.24) is 9.78 Å². The summed E-state index contributed by atoms with van der Waals surface area (Å²) < 4.78 is 1.47. The van der Waals surface area contributed by atoms with Crippen LogP contribution in [0.3, 0.4) is 0 Å². The Morgan fingerprint density at radius 1 is 1.33 bits per heavy atom. The Kier molecular flexibility index (Phi) is 2.49. The number of aromatic hydroxyl groups is 1. The van der Waals surface area contributed by atoms with Crippen LogP contribution < -0.4 is 0 Å². The van der Waals surface area contributed by atoms with E-state index in [-0.39, 0.29) is 11.4 Å². The average Bonchev–Trinajstić information content (AvgIpc) is 2.61. The fraction of sp³-hybridized carbons (Fsp3) is 0.0909. The molecule has 0 unspecified atom stereocenters. The van der Waals surface area contributed by atoms with Crippen LogP contribution in [0.15, 0.2) is 36.5 Å². The first-order valence-corrected chi connectivity index (χ1v) is 4.55. The zero-order valence-corrected chi connectivity index (χ0v) is 8.00. The minimum Gasteiger partial charge on any atom is -0.504 e. The molecule has 4 nitrogen and oxygen atoms in total.